The average molecular weight is 267 g/mol. The molecule has 102 valence electrons. The van der Waals surface area contributed by atoms with Crippen LogP contribution in [0.15, 0.2) is 10.7 Å². The molecule has 1 aliphatic rings. The highest BCUT2D eigenvalue weighted by Gasteiger charge is 2.38. The number of ether oxygens (including phenoxy) is 1. The number of aromatic nitrogens is 1. The minimum atomic E-state index is -0.630. The van der Waals surface area contributed by atoms with E-state index in [9.17, 15) is 14.4 Å². The molecule has 2 N–H and O–H groups in total. The number of carbonyl (C=O) groups is 3. The molecule has 2 rings (SSSR count). The summed E-state index contributed by atoms with van der Waals surface area (Å²) in [5.74, 6) is -2.13. The highest BCUT2D eigenvalue weighted by Crippen LogP contribution is 2.28. The van der Waals surface area contributed by atoms with Crippen LogP contribution in [0.4, 0.5) is 5.88 Å². The normalized spacial score (nSPS) is 18.7. The summed E-state index contributed by atoms with van der Waals surface area (Å²) in [5, 5.41) is 3.49. The predicted octanol–water partition coefficient (Wildman–Crippen LogP) is -0.310. The maximum Gasteiger partial charge on any atom is 0.345 e. The Morgan fingerprint density at radius 3 is 2.95 bits per heavy atom. The Morgan fingerprint density at radius 2 is 2.37 bits per heavy atom. The van der Waals surface area contributed by atoms with E-state index in [1.165, 1.54) is 11.1 Å². The molecule has 1 aromatic heterocycles. The maximum atomic E-state index is 11.8. The van der Waals surface area contributed by atoms with Gasteiger partial charge in [-0.3, -0.25) is 14.5 Å². The van der Waals surface area contributed by atoms with Crippen molar-refractivity contribution in [2.45, 2.75) is 13.3 Å². The van der Waals surface area contributed by atoms with Crippen molar-refractivity contribution in [2.75, 3.05) is 18.1 Å². The molecule has 19 heavy (non-hydrogen) atoms. The van der Waals surface area contributed by atoms with Crippen LogP contribution in [0, 0.1) is 5.92 Å². The van der Waals surface area contributed by atoms with Gasteiger partial charge in [0.2, 0.25) is 17.7 Å². The molecule has 8 nitrogen and oxygen atoms in total. The zero-order chi connectivity index (χ0) is 14.0. The summed E-state index contributed by atoms with van der Waals surface area (Å²) in [4.78, 5) is 35.7. The van der Waals surface area contributed by atoms with E-state index >= 15 is 0 Å². The quantitative estimate of drug-likeness (QED) is 0.748. The van der Waals surface area contributed by atoms with Crippen LogP contribution in [0.5, 0.6) is 0 Å². The minimum Gasteiger partial charge on any atom is -0.462 e. The molecular formula is C11H13N3O5. The van der Waals surface area contributed by atoms with E-state index in [0.717, 1.165) is 0 Å². The number of nitrogens with zero attached hydrogens (tertiary/aromatic N) is 2. The third-order valence-corrected chi connectivity index (χ3v) is 2.82. The monoisotopic (exact) mass is 267 g/mol. The number of hydrogen-bond acceptors (Lipinski definition) is 6. The van der Waals surface area contributed by atoms with E-state index in [4.69, 9.17) is 15.0 Å². The van der Waals surface area contributed by atoms with Gasteiger partial charge in [0.1, 0.15) is 5.56 Å². The van der Waals surface area contributed by atoms with Gasteiger partial charge in [0.15, 0.2) is 0 Å². The lowest BCUT2D eigenvalue weighted by atomic mass is 10.1. The van der Waals surface area contributed by atoms with Gasteiger partial charge in [-0.25, -0.2) is 4.79 Å². The number of carbonyl (C=O) groups excluding carboxylic acids is 3. The molecule has 1 aromatic rings. The molecule has 1 aliphatic heterocycles. The van der Waals surface area contributed by atoms with Gasteiger partial charge in [-0.1, -0.05) is 5.16 Å². The molecule has 0 aromatic carbocycles. The Labute approximate surface area is 108 Å². The van der Waals surface area contributed by atoms with Gasteiger partial charge >= 0.3 is 5.97 Å². The summed E-state index contributed by atoms with van der Waals surface area (Å²) in [7, 11) is 0. The number of nitrogens with two attached hydrogens (primary N) is 1. The third kappa shape index (κ3) is 2.42. The van der Waals surface area contributed by atoms with Crippen molar-refractivity contribution < 1.29 is 23.6 Å². The van der Waals surface area contributed by atoms with Gasteiger partial charge in [-0.15, -0.1) is 0 Å². The number of anilines is 1. The van der Waals surface area contributed by atoms with Crippen LogP contribution >= 0.6 is 0 Å². The molecule has 1 saturated heterocycles. The van der Waals surface area contributed by atoms with Crippen molar-refractivity contribution in [3.05, 3.63) is 11.8 Å². The van der Waals surface area contributed by atoms with Gasteiger partial charge in [0, 0.05) is 13.0 Å². The topological polar surface area (TPSA) is 116 Å². The highest BCUT2D eigenvalue weighted by molar-refractivity contribution is 6.03. The van der Waals surface area contributed by atoms with Crippen LogP contribution in [0.25, 0.3) is 0 Å². The van der Waals surface area contributed by atoms with Gasteiger partial charge in [0.25, 0.3) is 0 Å². The molecule has 8 heteroatoms. The largest absolute Gasteiger partial charge is 0.462 e. The molecule has 2 heterocycles. The number of esters is 1. The zero-order valence-electron chi connectivity index (χ0n) is 10.3. The molecule has 0 aliphatic carbocycles. The summed E-state index contributed by atoms with van der Waals surface area (Å²) in [6, 6.07) is 0. The summed E-state index contributed by atoms with van der Waals surface area (Å²) in [6.07, 6.45) is 1.18. The highest BCUT2D eigenvalue weighted by atomic mass is 16.5. The molecule has 1 atom stereocenters. The summed E-state index contributed by atoms with van der Waals surface area (Å²) < 4.78 is 9.74. The van der Waals surface area contributed by atoms with Crippen LogP contribution in [0.1, 0.15) is 23.7 Å². The first kappa shape index (κ1) is 13.1. The first-order chi connectivity index (χ1) is 9.04. The lowest BCUT2D eigenvalue weighted by molar-refractivity contribution is -0.123. The van der Waals surface area contributed by atoms with Gasteiger partial charge in [-0.2, -0.15) is 0 Å². The van der Waals surface area contributed by atoms with E-state index < -0.39 is 17.8 Å². The SMILES string of the molecule is CCOC(=O)c1cnoc1N1CC(C(N)=O)CC1=O. The summed E-state index contributed by atoms with van der Waals surface area (Å²) in [5.41, 5.74) is 5.22. The zero-order valence-corrected chi connectivity index (χ0v) is 10.3. The molecular weight excluding hydrogens is 254 g/mol. The van der Waals surface area contributed by atoms with Crippen molar-refractivity contribution in [3.63, 3.8) is 0 Å². The van der Waals surface area contributed by atoms with Crippen LogP contribution in [-0.4, -0.2) is 36.1 Å². The first-order valence-corrected chi connectivity index (χ1v) is 5.76. The molecule has 2 amide bonds. The Hall–Kier alpha value is -2.38. The second kappa shape index (κ2) is 5.09. The minimum absolute atomic E-state index is 0.00169. The van der Waals surface area contributed by atoms with Gasteiger partial charge < -0.3 is 15.0 Å². The lowest BCUT2D eigenvalue weighted by Crippen LogP contribution is -2.29. The second-order valence-electron chi connectivity index (χ2n) is 4.07. The van der Waals surface area contributed by atoms with E-state index in [0.29, 0.717) is 0 Å². The Balaban J connectivity index is 2.24. The van der Waals surface area contributed by atoms with Crippen molar-refractivity contribution >= 4 is 23.7 Å². The average Bonchev–Trinajstić information content (AvgIpc) is 2.94. The number of amides is 2. The van der Waals surface area contributed by atoms with Crippen molar-refractivity contribution in [3.8, 4) is 0 Å². The predicted molar refractivity (Wildman–Crippen MR) is 62.1 cm³/mol. The van der Waals surface area contributed by atoms with Crippen LogP contribution in [-0.2, 0) is 14.3 Å². The van der Waals surface area contributed by atoms with Crippen molar-refractivity contribution in [1.29, 1.82) is 0 Å². The second-order valence-corrected chi connectivity index (χ2v) is 4.07. The molecule has 0 bridgehead atoms. The molecule has 1 fully saturated rings. The number of primary amides is 1. The standard InChI is InChI=1S/C11H13N3O5/c1-2-18-11(17)7-4-13-19-10(7)14-5-6(9(12)16)3-8(14)15/h4,6H,2-3,5H2,1H3,(H2,12,16). The van der Waals surface area contributed by atoms with Crippen LogP contribution in [0.3, 0.4) is 0 Å². The number of hydrogen-bond donors (Lipinski definition) is 1. The third-order valence-electron chi connectivity index (χ3n) is 2.82. The Kier molecular flexibility index (Phi) is 3.50. The van der Waals surface area contributed by atoms with Crippen molar-refractivity contribution in [1.82, 2.24) is 5.16 Å². The Bertz CT molecular complexity index is 524. The van der Waals surface area contributed by atoms with Crippen molar-refractivity contribution in [2.24, 2.45) is 11.7 Å². The molecule has 0 saturated carbocycles. The van der Waals surface area contributed by atoms with E-state index in [1.54, 1.807) is 6.92 Å². The van der Waals surface area contributed by atoms with E-state index in [-0.39, 0.29) is 36.9 Å². The maximum absolute atomic E-state index is 11.8. The fourth-order valence-corrected chi connectivity index (χ4v) is 1.87. The van der Waals surface area contributed by atoms with Crippen LogP contribution in [0.2, 0.25) is 0 Å². The van der Waals surface area contributed by atoms with Gasteiger partial charge in [0.05, 0.1) is 18.7 Å². The fraction of sp³-hybridized carbons (Fsp3) is 0.455. The molecule has 1 unspecified atom stereocenters. The first-order valence-electron chi connectivity index (χ1n) is 5.76. The summed E-state index contributed by atoms with van der Waals surface area (Å²) >= 11 is 0. The fourth-order valence-electron chi connectivity index (χ4n) is 1.87. The smallest absolute Gasteiger partial charge is 0.345 e. The van der Waals surface area contributed by atoms with Gasteiger partial charge in [-0.05, 0) is 6.92 Å². The Morgan fingerprint density at radius 1 is 1.63 bits per heavy atom. The van der Waals surface area contributed by atoms with E-state index in [2.05, 4.69) is 5.16 Å². The lowest BCUT2D eigenvalue weighted by Gasteiger charge is -2.12. The molecule has 0 spiro atoms. The summed E-state index contributed by atoms with van der Waals surface area (Å²) in [6.45, 7) is 1.94. The van der Waals surface area contributed by atoms with E-state index in [1.807, 2.05) is 0 Å². The number of rotatable bonds is 4. The molecule has 0 radical (unpaired) electrons. The van der Waals surface area contributed by atoms with Crippen LogP contribution < -0.4 is 10.6 Å².